The first-order valence-electron chi connectivity index (χ1n) is 5.12. The number of nitrogens with two attached hydrogens (primary N) is 1. The first-order valence-corrected chi connectivity index (χ1v) is 5.12. The summed E-state index contributed by atoms with van der Waals surface area (Å²) < 4.78 is 0. The van der Waals surface area contributed by atoms with E-state index in [-0.39, 0.29) is 18.4 Å². The van der Waals surface area contributed by atoms with E-state index in [1.807, 2.05) is 0 Å². The smallest absolute Gasteiger partial charge is 0.0304 e. The second-order valence-corrected chi connectivity index (χ2v) is 4.01. The summed E-state index contributed by atoms with van der Waals surface area (Å²) in [7, 11) is 0. The third kappa shape index (κ3) is 1.52. The summed E-state index contributed by atoms with van der Waals surface area (Å²) >= 11 is 0. The maximum Gasteiger partial charge on any atom is 0.0304 e. The Kier molecular flexibility index (Phi) is 2.68. The Labute approximate surface area is 95.7 Å². The van der Waals surface area contributed by atoms with Crippen molar-refractivity contribution in [1.29, 1.82) is 0 Å². The van der Waals surface area contributed by atoms with Crippen LogP contribution in [0, 0.1) is 0 Å². The monoisotopic (exact) mass is 219 g/mol. The highest BCUT2D eigenvalue weighted by molar-refractivity contribution is 5.90. The summed E-state index contributed by atoms with van der Waals surface area (Å²) in [5.41, 5.74) is 8.89. The summed E-state index contributed by atoms with van der Waals surface area (Å²) in [6.45, 7) is 0. The van der Waals surface area contributed by atoms with Crippen molar-refractivity contribution in [2.75, 3.05) is 0 Å². The largest absolute Gasteiger partial charge is 0.324 e. The second-order valence-electron chi connectivity index (χ2n) is 4.01. The van der Waals surface area contributed by atoms with Crippen molar-refractivity contribution in [1.82, 2.24) is 0 Å². The van der Waals surface area contributed by atoms with Crippen LogP contribution in [-0.4, -0.2) is 0 Å². The molecule has 1 aliphatic carbocycles. The van der Waals surface area contributed by atoms with Crippen LogP contribution in [0.15, 0.2) is 36.4 Å². The molecule has 0 fully saturated rings. The molecule has 2 N–H and O–H groups in total. The molecule has 0 aromatic heterocycles. The average Bonchev–Trinajstić information content (AvgIpc) is 2.24. The van der Waals surface area contributed by atoms with Crippen LogP contribution in [0.2, 0.25) is 0 Å². The zero-order valence-electron chi connectivity index (χ0n) is 8.44. The molecule has 3 rings (SSSR count). The molecule has 0 amide bonds. The van der Waals surface area contributed by atoms with E-state index in [0.29, 0.717) is 0 Å². The number of hydrogen-bond acceptors (Lipinski definition) is 1. The molecule has 1 nitrogen and oxygen atoms in total. The van der Waals surface area contributed by atoms with Crippen molar-refractivity contribution in [2.45, 2.75) is 18.9 Å². The van der Waals surface area contributed by atoms with Crippen molar-refractivity contribution in [3.63, 3.8) is 0 Å². The van der Waals surface area contributed by atoms with Crippen LogP contribution in [0.5, 0.6) is 0 Å². The highest BCUT2D eigenvalue weighted by Crippen LogP contribution is 2.33. The van der Waals surface area contributed by atoms with Crippen LogP contribution >= 0.6 is 12.4 Å². The summed E-state index contributed by atoms with van der Waals surface area (Å²) in [5, 5.41) is 2.73. The zero-order valence-corrected chi connectivity index (χ0v) is 9.26. The fourth-order valence-electron chi connectivity index (χ4n) is 2.43. The van der Waals surface area contributed by atoms with E-state index >= 15 is 0 Å². The molecule has 2 heteroatoms. The number of halogens is 1. The molecule has 0 saturated carbocycles. The molecule has 1 aliphatic rings. The lowest BCUT2D eigenvalue weighted by Crippen LogP contribution is -2.16. The molecular formula is C13H14ClN. The first kappa shape index (κ1) is 10.5. The lowest BCUT2D eigenvalue weighted by Gasteiger charge is -2.22. The quantitative estimate of drug-likeness (QED) is 0.724. The minimum atomic E-state index is 0. The van der Waals surface area contributed by atoms with Gasteiger partial charge in [-0.05, 0) is 34.7 Å². The van der Waals surface area contributed by atoms with Crippen molar-refractivity contribution < 1.29 is 0 Å². The van der Waals surface area contributed by atoms with E-state index in [0.717, 1.165) is 12.8 Å². The van der Waals surface area contributed by atoms with Gasteiger partial charge in [0, 0.05) is 6.04 Å². The summed E-state index contributed by atoms with van der Waals surface area (Å²) in [6.07, 6.45) is 2.20. The normalized spacial score (nSPS) is 18.6. The number of rotatable bonds is 0. The Balaban J connectivity index is 0.000000853. The van der Waals surface area contributed by atoms with Crippen LogP contribution in [0.4, 0.5) is 0 Å². The summed E-state index contributed by atoms with van der Waals surface area (Å²) in [5.74, 6) is 0. The van der Waals surface area contributed by atoms with E-state index in [4.69, 9.17) is 5.73 Å². The van der Waals surface area contributed by atoms with Crippen molar-refractivity contribution in [3.05, 3.63) is 47.5 Å². The van der Waals surface area contributed by atoms with Gasteiger partial charge in [0.1, 0.15) is 0 Å². The predicted octanol–water partition coefficient (Wildman–Crippen LogP) is 3.21. The maximum absolute atomic E-state index is 6.10. The Bertz CT molecular complexity index is 488. The molecule has 0 aliphatic heterocycles. The van der Waals surface area contributed by atoms with Crippen LogP contribution in [-0.2, 0) is 6.42 Å². The van der Waals surface area contributed by atoms with Gasteiger partial charge < -0.3 is 5.73 Å². The molecule has 2 aromatic rings. The topological polar surface area (TPSA) is 26.0 Å². The Hall–Kier alpha value is -1.05. The molecule has 0 bridgehead atoms. The average molecular weight is 220 g/mol. The standard InChI is InChI=1S/C13H13N.ClH/c14-12-8-7-10-4-1-3-9-5-2-6-11(12)13(9)10;/h1-6,12H,7-8,14H2;1H. The zero-order chi connectivity index (χ0) is 9.54. The SMILES string of the molecule is Cl.NC1CCc2cccc3cccc1c23. The fraction of sp³-hybridized carbons (Fsp3) is 0.231. The van der Waals surface area contributed by atoms with Gasteiger partial charge in [0.15, 0.2) is 0 Å². The highest BCUT2D eigenvalue weighted by Gasteiger charge is 2.17. The van der Waals surface area contributed by atoms with E-state index in [1.54, 1.807) is 0 Å². The second kappa shape index (κ2) is 3.84. The number of aryl methyl sites for hydroxylation is 1. The Morgan fingerprint density at radius 2 is 1.80 bits per heavy atom. The minimum Gasteiger partial charge on any atom is -0.324 e. The van der Waals surface area contributed by atoms with Crippen molar-refractivity contribution in [3.8, 4) is 0 Å². The lowest BCUT2D eigenvalue weighted by molar-refractivity contribution is 0.643. The molecule has 0 spiro atoms. The van der Waals surface area contributed by atoms with Gasteiger partial charge in [-0.25, -0.2) is 0 Å². The first-order chi connectivity index (χ1) is 6.86. The number of hydrogen-bond donors (Lipinski definition) is 1. The molecule has 78 valence electrons. The van der Waals surface area contributed by atoms with Gasteiger partial charge in [0.05, 0.1) is 0 Å². The van der Waals surface area contributed by atoms with Gasteiger partial charge in [-0.15, -0.1) is 12.4 Å². The van der Waals surface area contributed by atoms with E-state index in [1.165, 1.54) is 21.9 Å². The van der Waals surface area contributed by atoms with Crippen LogP contribution < -0.4 is 5.73 Å². The molecule has 0 radical (unpaired) electrons. The van der Waals surface area contributed by atoms with Crippen LogP contribution in [0.1, 0.15) is 23.6 Å². The predicted molar refractivity (Wildman–Crippen MR) is 66.4 cm³/mol. The van der Waals surface area contributed by atoms with Gasteiger partial charge >= 0.3 is 0 Å². The number of benzene rings is 2. The van der Waals surface area contributed by atoms with Gasteiger partial charge in [0.25, 0.3) is 0 Å². The Morgan fingerprint density at radius 1 is 1.07 bits per heavy atom. The van der Waals surface area contributed by atoms with E-state index in [2.05, 4.69) is 36.4 Å². The summed E-state index contributed by atoms with van der Waals surface area (Å²) in [6, 6.07) is 13.2. The van der Waals surface area contributed by atoms with Crippen LogP contribution in [0.3, 0.4) is 0 Å². The molecule has 15 heavy (non-hydrogen) atoms. The molecule has 1 atom stereocenters. The molecule has 0 heterocycles. The summed E-state index contributed by atoms with van der Waals surface area (Å²) in [4.78, 5) is 0. The van der Waals surface area contributed by atoms with Gasteiger partial charge in [0.2, 0.25) is 0 Å². The molecule has 0 saturated heterocycles. The van der Waals surface area contributed by atoms with Crippen molar-refractivity contribution >= 4 is 23.2 Å². The molecular weight excluding hydrogens is 206 g/mol. The maximum atomic E-state index is 6.10. The van der Waals surface area contributed by atoms with Gasteiger partial charge in [-0.1, -0.05) is 36.4 Å². The van der Waals surface area contributed by atoms with Gasteiger partial charge in [-0.3, -0.25) is 0 Å². The van der Waals surface area contributed by atoms with Crippen molar-refractivity contribution in [2.24, 2.45) is 5.73 Å². The molecule has 1 unspecified atom stereocenters. The third-order valence-corrected chi connectivity index (χ3v) is 3.15. The van der Waals surface area contributed by atoms with Crippen LogP contribution in [0.25, 0.3) is 10.8 Å². The van der Waals surface area contributed by atoms with E-state index < -0.39 is 0 Å². The Morgan fingerprint density at radius 3 is 2.60 bits per heavy atom. The minimum absolute atomic E-state index is 0. The highest BCUT2D eigenvalue weighted by atomic mass is 35.5. The third-order valence-electron chi connectivity index (χ3n) is 3.15. The molecule has 2 aromatic carbocycles. The van der Waals surface area contributed by atoms with E-state index in [9.17, 15) is 0 Å². The van der Waals surface area contributed by atoms with Gasteiger partial charge in [-0.2, -0.15) is 0 Å². The fourth-order valence-corrected chi connectivity index (χ4v) is 2.43. The lowest BCUT2D eigenvalue weighted by atomic mass is 9.86.